The van der Waals surface area contributed by atoms with E-state index in [9.17, 15) is 8.42 Å². The summed E-state index contributed by atoms with van der Waals surface area (Å²) in [6.45, 7) is 6.87. The Bertz CT molecular complexity index is 403. The minimum Gasteiger partial charge on any atom is -0.315 e. The van der Waals surface area contributed by atoms with E-state index in [1.54, 1.807) is 0 Å². The summed E-state index contributed by atoms with van der Waals surface area (Å²) in [4.78, 5) is 0. The molecule has 1 heterocycles. The first-order valence-electron chi connectivity index (χ1n) is 8.73. The van der Waals surface area contributed by atoms with Crippen molar-refractivity contribution in [2.75, 3.05) is 19.6 Å². The minimum absolute atomic E-state index is 0.114. The molecule has 1 N–H and O–H groups in total. The number of sulfonamides is 1. The standard InChI is InChI=1S/C16H32N2O2S/c1-14(2)12-17-13-15-8-6-7-11-18(15)21(19,20)16-9-4-3-5-10-16/h14-17H,3-13H2,1-2H3. The minimum atomic E-state index is -3.09. The lowest BCUT2D eigenvalue weighted by Crippen LogP contribution is -2.51. The first-order valence-corrected chi connectivity index (χ1v) is 10.2. The maximum absolute atomic E-state index is 12.9. The second kappa shape index (κ2) is 7.93. The molecule has 0 spiro atoms. The molecule has 0 bridgehead atoms. The van der Waals surface area contributed by atoms with E-state index in [0.717, 1.165) is 64.6 Å². The zero-order valence-electron chi connectivity index (χ0n) is 13.7. The molecule has 4 nitrogen and oxygen atoms in total. The van der Waals surface area contributed by atoms with Crippen LogP contribution in [-0.4, -0.2) is 43.6 Å². The molecule has 1 saturated carbocycles. The Kier molecular flexibility index (Phi) is 6.51. The summed E-state index contributed by atoms with van der Waals surface area (Å²) in [5.41, 5.74) is 0. The topological polar surface area (TPSA) is 49.4 Å². The van der Waals surface area contributed by atoms with Gasteiger partial charge in [-0.15, -0.1) is 0 Å². The van der Waals surface area contributed by atoms with E-state index in [2.05, 4.69) is 19.2 Å². The van der Waals surface area contributed by atoms with Crippen molar-refractivity contribution in [1.82, 2.24) is 9.62 Å². The fourth-order valence-corrected chi connectivity index (χ4v) is 5.90. The maximum atomic E-state index is 12.9. The van der Waals surface area contributed by atoms with Crippen molar-refractivity contribution in [3.63, 3.8) is 0 Å². The Balaban J connectivity index is 1.99. The molecular formula is C16H32N2O2S. The summed E-state index contributed by atoms with van der Waals surface area (Å²) < 4.78 is 27.7. The van der Waals surface area contributed by atoms with E-state index in [0.29, 0.717) is 5.92 Å². The third kappa shape index (κ3) is 4.67. The summed E-state index contributed by atoms with van der Waals surface area (Å²) in [7, 11) is -3.09. The Morgan fingerprint density at radius 2 is 1.71 bits per heavy atom. The molecule has 5 heteroatoms. The van der Waals surface area contributed by atoms with Crippen LogP contribution in [0.1, 0.15) is 65.2 Å². The SMILES string of the molecule is CC(C)CNCC1CCCCN1S(=O)(=O)C1CCCCC1. The van der Waals surface area contributed by atoms with Gasteiger partial charge in [-0.2, -0.15) is 4.31 Å². The third-order valence-electron chi connectivity index (χ3n) is 4.81. The maximum Gasteiger partial charge on any atom is 0.217 e. The molecule has 0 aromatic rings. The largest absolute Gasteiger partial charge is 0.315 e. The van der Waals surface area contributed by atoms with Crippen LogP contribution >= 0.6 is 0 Å². The Hall–Kier alpha value is -0.130. The van der Waals surface area contributed by atoms with E-state index in [1.165, 1.54) is 6.42 Å². The highest BCUT2D eigenvalue weighted by Gasteiger charge is 2.37. The van der Waals surface area contributed by atoms with Crippen LogP contribution in [0.15, 0.2) is 0 Å². The van der Waals surface area contributed by atoms with Crippen LogP contribution in [0.3, 0.4) is 0 Å². The van der Waals surface area contributed by atoms with Gasteiger partial charge in [0.05, 0.1) is 5.25 Å². The Morgan fingerprint density at radius 3 is 2.38 bits per heavy atom. The number of piperidine rings is 1. The summed E-state index contributed by atoms with van der Waals surface area (Å²) in [6, 6.07) is 0.171. The molecule has 21 heavy (non-hydrogen) atoms. The van der Waals surface area contributed by atoms with Crippen LogP contribution in [0.25, 0.3) is 0 Å². The molecule has 0 aromatic heterocycles. The monoisotopic (exact) mass is 316 g/mol. The smallest absolute Gasteiger partial charge is 0.217 e. The average molecular weight is 317 g/mol. The molecule has 2 fully saturated rings. The Labute approximate surface area is 130 Å². The summed E-state index contributed by atoms with van der Waals surface area (Å²) in [5.74, 6) is 0.608. The van der Waals surface area contributed by atoms with Crippen LogP contribution in [0, 0.1) is 5.92 Å². The highest BCUT2D eigenvalue weighted by Crippen LogP contribution is 2.30. The third-order valence-corrected chi connectivity index (χ3v) is 7.25. The van der Waals surface area contributed by atoms with Gasteiger partial charge in [0.2, 0.25) is 10.0 Å². The number of rotatable bonds is 6. The van der Waals surface area contributed by atoms with Gasteiger partial charge < -0.3 is 5.32 Å². The molecule has 124 valence electrons. The van der Waals surface area contributed by atoms with Gasteiger partial charge in [0.1, 0.15) is 0 Å². The number of nitrogens with one attached hydrogen (secondary N) is 1. The molecule has 0 amide bonds. The first kappa shape index (κ1) is 17.2. The zero-order chi connectivity index (χ0) is 15.3. The van der Waals surface area contributed by atoms with Crippen molar-refractivity contribution in [3.05, 3.63) is 0 Å². The molecular weight excluding hydrogens is 284 g/mol. The quantitative estimate of drug-likeness (QED) is 0.820. The van der Waals surface area contributed by atoms with Crippen LogP contribution < -0.4 is 5.32 Å². The van der Waals surface area contributed by atoms with Gasteiger partial charge in [-0.3, -0.25) is 0 Å². The second-order valence-electron chi connectivity index (χ2n) is 7.12. The average Bonchev–Trinajstić information content (AvgIpc) is 2.48. The lowest BCUT2D eigenvalue weighted by molar-refractivity contribution is 0.239. The van der Waals surface area contributed by atoms with E-state index in [4.69, 9.17) is 0 Å². The fraction of sp³-hybridized carbons (Fsp3) is 1.00. The van der Waals surface area contributed by atoms with Crippen LogP contribution in [-0.2, 0) is 10.0 Å². The van der Waals surface area contributed by atoms with Crippen molar-refractivity contribution in [1.29, 1.82) is 0 Å². The van der Waals surface area contributed by atoms with Gasteiger partial charge in [-0.05, 0) is 38.1 Å². The number of hydrogen-bond acceptors (Lipinski definition) is 3. The predicted molar refractivity (Wildman–Crippen MR) is 87.8 cm³/mol. The lowest BCUT2D eigenvalue weighted by atomic mass is 10.0. The van der Waals surface area contributed by atoms with E-state index >= 15 is 0 Å². The molecule has 1 aliphatic heterocycles. The summed E-state index contributed by atoms with van der Waals surface area (Å²) in [6.07, 6.45) is 8.28. The van der Waals surface area contributed by atoms with Crippen molar-refractivity contribution >= 4 is 10.0 Å². The molecule has 1 atom stereocenters. The van der Waals surface area contributed by atoms with Crippen LogP contribution in [0.2, 0.25) is 0 Å². The number of nitrogens with zero attached hydrogens (tertiary/aromatic N) is 1. The van der Waals surface area contributed by atoms with E-state index < -0.39 is 10.0 Å². The number of hydrogen-bond donors (Lipinski definition) is 1. The van der Waals surface area contributed by atoms with Gasteiger partial charge in [-0.25, -0.2) is 8.42 Å². The first-order chi connectivity index (χ1) is 10.0. The molecule has 1 aliphatic carbocycles. The highest BCUT2D eigenvalue weighted by atomic mass is 32.2. The molecule has 0 aromatic carbocycles. The Morgan fingerprint density at radius 1 is 1.05 bits per heavy atom. The van der Waals surface area contributed by atoms with Crippen molar-refractivity contribution in [3.8, 4) is 0 Å². The van der Waals surface area contributed by atoms with Crippen molar-refractivity contribution in [2.45, 2.75) is 76.5 Å². The van der Waals surface area contributed by atoms with Gasteiger partial charge in [0.25, 0.3) is 0 Å². The van der Waals surface area contributed by atoms with Crippen molar-refractivity contribution in [2.24, 2.45) is 5.92 Å². The molecule has 1 saturated heterocycles. The van der Waals surface area contributed by atoms with Crippen LogP contribution in [0.5, 0.6) is 0 Å². The summed E-state index contributed by atoms with van der Waals surface area (Å²) in [5, 5.41) is 3.34. The second-order valence-corrected chi connectivity index (χ2v) is 9.28. The van der Waals surface area contributed by atoms with E-state index in [-0.39, 0.29) is 11.3 Å². The predicted octanol–water partition coefficient (Wildman–Crippen LogP) is 2.75. The molecule has 1 unspecified atom stereocenters. The van der Waals surface area contributed by atoms with Gasteiger partial charge in [-0.1, -0.05) is 39.5 Å². The fourth-order valence-electron chi connectivity index (χ4n) is 3.61. The van der Waals surface area contributed by atoms with Crippen molar-refractivity contribution < 1.29 is 8.42 Å². The zero-order valence-corrected chi connectivity index (χ0v) is 14.5. The molecule has 2 rings (SSSR count). The highest BCUT2D eigenvalue weighted by molar-refractivity contribution is 7.89. The molecule has 2 aliphatic rings. The lowest BCUT2D eigenvalue weighted by Gasteiger charge is -2.38. The summed E-state index contributed by atoms with van der Waals surface area (Å²) >= 11 is 0. The molecule has 0 radical (unpaired) electrons. The van der Waals surface area contributed by atoms with Gasteiger partial charge in [0, 0.05) is 19.1 Å². The van der Waals surface area contributed by atoms with Gasteiger partial charge >= 0.3 is 0 Å². The van der Waals surface area contributed by atoms with E-state index in [1.807, 2.05) is 4.31 Å². The normalized spacial score (nSPS) is 26.3. The van der Waals surface area contributed by atoms with Gasteiger partial charge in [0.15, 0.2) is 0 Å². The van der Waals surface area contributed by atoms with Crippen LogP contribution in [0.4, 0.5) is 0 Å².